The Labute approximate surface area is 230 Å². The van der Waals surface area contributed by atoms with Gasteiger partial charge in [0.25, 0.3) is 0 Å². The van der Waals surface area contributed by atoms with Gasteiger partial charge in [0.1, 0.15) is 18.5 Å². The highest BCUT2D eigenvalue weighted by atomic mass is 28.3. The highest BCUT2D eigenvalue weighted by Gasteiger charge is 2.37. The molecule has 3 heterocycles. The van der Waals surface area contributed by atoms with Gasteiger partial charge in [0.05, 0.1) is 23.8 Å². The molecule has 0 spiro atoms. The number of aromatic nitrogens is 1. The molecule has 11 heteroatoms. The fraction of sp³-hybridized carbons (Fsp3) is 0.607. The van der Waals surface area contributed by atoms with Crippen LogP contribution in [0.2, 0.25) is 25.7 Å². The molecule has 2 fully saturated rings. The standard InChI is InChI=1S/C28H41FN4O5Si/c1-28(2,3)38-27(36)30-13-11-24(21(29)18-30)31-14-10-20-22(31)8-7-9-23(20)32-15-12-25(34)33(26(32)35)19-37-16-17-39(4,5)6/h7-10,14,21,24H,11-13,15-19H2,1-6H3/t21-,24-/m0/s1. The minimum Gasteiger partial charge on any atom is -0.444 e. The van der Waals surface area contributed by atoms with Crippen LogP contribution < -0.4 is 4.90 Å². The van der Waals surface area contributed by atoms with E-state index < -0.39 is 38.0 Å². The molecule has 39 heavy (non-hydrogen) atoms. The van der Waals surface area contributed by atoms with Gasteiger partial charge in [0.2, 0.25) is 5.91 Å². The summed E-state index contributed by atoms with van der Waals surface area (Å²) in [6.07, 6.45) is 0.703. The van der Waals surface area contributed by atoms with Crippen LogP contribution in [-0.4, -0.2) is 85.2 Å². The van der Waals surface area contributed by atoms with E-state index in [4.69, 9.17) is 9.47 Å². The summed E-state index contributed by atoms with van der Waals surface area (Å²) in [5.41, 5.74) is 0.838. The number of hydrogen-bond donors (Lipinski definition) is 0. The minimum atomic E-state index is -1.29. The number of urea groups is 1. The molecule has 1 aromatic heterocycles. The number of piperidine rings is 1. The molecular weight excluding hydrogens is 519 g/mol. The Balaban J connectivity index is 1.49. The summed E-state index contributed by atoms with van der Waals surface area (Å²) >= 11 is 0. The summed E-state index contributed by atoms with van der Waals surface area (Å²) in [6.45, 7) is 13.2. The van der Waals surface area contributed by atoms with Gasteiger partial charge in [-0.25, -0.2) is 18.9 Å². The molecular formula is C28H41FN4O5Si. The van der Waals surface area contributed by atoms with Gasteiger partial charge in [-0.15, -0.1) is 0 Å². The Morgan fingerprint density at radius 1 is 1.13 bits per heavy atom. The third-order valence-corrected chi connectivity index (χ3v) is 8.78. The zero-order valence-electron chi connectivity index (χ0n) is 23.9. The first-order chi connectivity index (χ1) is 18.2. The van der Waals surface area contributed by atoms with Crippen LogP contribution in [0.5, 0.6) is 0 Å². The zero-order chi connectivity index (χ0) is 28.5. The van der Waals surface area contributed by atoms with Crippen LogP contribution in [0.15, 0.2) is 30.5 Å². The second-order valence-electron chi connectivity index (χ2n) is 12.6. The smallest absolute Gasteiger partial charge is 0.410 e. The first kappa shape index (κ1) is 29.1. The van der Waals surface area contributed by atoms with Crippen molar-refractivity contribution in [3.05, 3.63) is 30.5 Å². The predicted octanol–water partition coefficient (Wildman–Crippen LogP) is 5.63. The molecule has 0 bridgehead atoms. The zero-order valence-corrected chi connectivity index (χ0v) is 24.9. The number of rotatable bonds is 7. The number of ether oxygens (including phenoxy) is 2. The van der Waals surface area contributed by atoms with Gasteiger partial charge in [-0.05, 0) is 51.4 Å². The Morgan fingerprint density at radius 2 is 1.87 bits per heavy atom. The number of carbonyl (C=O) groups is 3. The molecule has 2 aliphatic rings. The minimum absolute atomic E-state index is 0.0433. The number of halogens is 1. The van der Waals surface area contributed by atoms with Crippen LogP contribution in [0.1, 0.15) is 39.7 Å². The van der Waals surface area contributed by atoms with Gasteiger partial charge in [0.15, 0.2) is 0 Å². The highest BCUT2D eigenvalue weighted by molar-refractivity contribution is 6.76. The van der Waals surface area contributed by atoms with Crippen molar-refractivity contribution >= 4 is 42.7 Å². The highest BCUT2D eigenvalue weighted by Crippen LogP contribution is 2.35. The predicted molar refractivity (Wildman–Crippen MR) is 151 cm³/mol. The topological polar surface area (TPSA) is 84.3 Å². The molecule has 0 unspecified atom stereocenters. The number of benzene rings is 1. The lowest BCUT2D eigenvalue weighted by molar-refractivity contribution is -0.133. The van der Waals surface area contributed by atoms with E-state index in [1.165, 1.54) is 9.80 Å². The molecule has 214 valence electrons. The third kappa shape index (κ3) is 6.81. The Hall–Kier alpha value is -2.92. The first-order valence-electron chi connectivity index (χ1n) is 13.7. The average Bonchev–Trinajstić information content (AvgIpc) is 3.26. The number of hydrogen-bond acceptors (Lipinski definition) is 5. The van der Waals surface area contributed by atoms with Crippen molar-refractivity contribution in [1.29, 1.82) is 0 Å². The van der Waals surface area contributed by atoms with E-state index in [0.29, 0.717) is 25.3 Å². The van der Waals surface area contributed by atoms with Gasteiger partial charge < -0.3 is 18.9 Å². The van der Waals surface area contributed by atoms with E-state index in [1.54, 1.807) is 25.7 Å². The summed E-state index contributed by atoms with van der Waals surface area (Å²) in [7, 11) is -1.29. The van der Waals surface area contributed by atoms with Gasteiger partial charge >= 0.3 is 12.1 Å². The van der Waals surface area contributed by atoms with Crippen LogP contribution in [0.3, 0.4) is 0 Å². The molecule has 0 radical (unpaired) electrons. The van der Waals surface area contributed by atoms with Crippen molar-refractivity contribution in [1.82, 2.24) is 14.4 Å². The quantitative estimate of drug-likeness (QED) is 0.324. The van der Waals surface area contributed by atoms with Crippen LogP contribution in [0.4, 0.5) is 19.7 Å². The fourth-order valence-corrected chi connectivity index (χ4v) is 5.73. The molecule has 1 aromatic carbocycles. The van der Waals surface area contributed by atoms with Crippen molar-refractivity contribution < 1.29 is 28.2 Å². The van der Waals surface area contributed by atoms with E-state index in [9.17, 15) is 14.4 Å². The molecule has 4 amide bonds. The molecule has 9 nitrogen and oxygen atoms in total. The van der Waals surface area contributed by atoms with E-state index in [2.05, 4.69) is 19.6 Å². The summed E-state index contributed by atoms with van der Waals surface area (Å²) in [6, 6.07) is 7.57. The molecule has 2 saturated heterocycles. The van der Waals surface area contributed by atoms with Crippen molar-refractivity contribution in [2.45, 2.75) is 77.1 Å². The van der Waals surface area contributed by atoms with Crippen LogP contribution in [-0.2, 0) is 14.3 Å². The Morgan fingerprint density at radius 3 is 2.54 bits per heavy atom. The maximum atomic E-state index is 15.4. The van der Waals surface area contributed by atoms with E-state index in [0.717, 1.165) is 16.9 Å². The normalized spacial score (nSPS) is 21.2. The fourth-order valence-electron chi connectivity index (χ4n) is 4.97. The monoisotopic (exact) mass is 560 g/mol. The van der Waals surface area contributed by atoms with Gasteiger partial charge in [0, 0.05) is 45.8 Å². The number of alkyl halides is 1. The molecule has 2 aliphatic heterocycles. The number of nitrogens with zero attached hydrogens (tertiary/aromatic N) is 4. The van der Waals surface area contributed by atoms with Gasteiger partial charge in [-0.2, -0.15) is 0 Å². The Bertz CT molecular complexity index is 1220. The van der Waals surface area contributed by atoms with E-state index in [1.807, 2.05) is 35.0 Å². The van der Waals surface area contributed by atoms with Crippen molar-refractivity contribution in [3.63, 3.8) is 0 Å². The maximum absolute atomic E-state index is 15.4. The van der Waals surface area contributed by atoms with Crippen molar-refractivity contribution in [3.8, 4) is 0 Å². The average molecular weight is 561 g/mol. The lowest BCUT2D eigenvalue weighted by Crippen LogP contribution is -2.53. The molecule has 2 aromatic rings. The van der Waals surface area contributed by atoms with E-state index in [-0.39, 0.29) is 32.1 Å². The van der Waals surface area contributed by atoms with Crippen molar-refractivity contribution in [2.24, 2.45) is 0 Å². The molecule has 0 saturated carbocycles. The van der Waals surface area contributed by atoms with Crippen molar-refractivity contribution in [2.75, 3.05) is 37.9 Å². The number of amides is 4. The van der Waals surface area contributed by atoms with E-state index >= 15 is 4.39 Å². The number of likely N-dealkylation sites (tertiary alicyclic amines) is 1. The SMILES string of the molecule is CC(C)(C)OC(=O)N1CC[C@H](n2ccc3c(N4CCC(=O)N(COCC[Si](C)(C)C)C4=O)cccc32)[C@@H](F)C1. The third-order valence-electron chi connectivity index (χ3n) is 7.08. The Kier molecular flexibility index (Phi) is 8.41. The molecule has 0 aliphatic carbocycles. The second-order valence-corrected chi connectivity index (χ2v) is 18.2. The first-order valence-corrected chi connectivity index (χ1v) is 17.4. The lowest BCUT2D eigenvalue weighted by Gasteiger charge is -2.36. The lowest BCUT2D eigenvalue weighted by atomic mass is 10.0. The van der Waals surface area contributed by atoms with Gasteiger partial charge in [-0.3, -0.25) is 9.69 Å². The summed E-state index contributed by atoms with van der Waals surface area (Å²) in [4.78, 5) is 42.6. The van der Waals surface area contributed by atoms with Crippen LogP contribution >= 0.6 is 0 Å². The molecule has 0 N–H and O–H groups in total. The molecule has 2 atom stereocenters. The maximum Gasteiger partial charge on any atom is 0.410 e. The van der Waals surface area contributed by atoms with Crippen LogP contribution in [0, 0.1) is 0 Å². The number of imide groups is 1. The second kappa shape index (κ2) is 11.3. The van der Waals surface area contributed by atoms with Gasteiger partial charge in [-0.1, -0.05) is 25.7 Å². The largest absolute Gasteiger partial charge is 0.444 e. The summed E-state index contributed by atoms with van der Waals surface area (Å²) in [5, 5.41) is 0.807. The summed E-state index contributed by atoms with van der Waals surface area (Å²) in [5.74, 6) is -0.244. The number of anilines is 1. The van der Waals surface area contributed by atoms with Crippen LogP contribution in [0.25, 0.3) is 10.9 Å². The number of fused-ring (bicyclic) bond motifs is 1. The summed E-state index contributed by atoms with van der Waals surface area (Å²) < 4.78 is 28.5. The number of carbonyl (C=O) groups excluding carboxylic acids is 3. The molecule has 4 rings (SSSR count).